The number of carbonyl (C=O) groups excluding carboxylic acids is 1. The quantitative estimate of drug-likeness (QED) is 0.607. The predicted octanol–water partition coefficient (Wildman–Crippen LogP) is 4.19. The first-order chi connectivity index (χ1) is 11.2. The van der Waals surface area contributed by atoms with Crippen molar-refractivity contribution in [2.45, 2.75) is 13.8 Å². The van der Waals surface area contributed by atoms with Crippen LogP contribution in [0.2, 0.25) is 0 Å². The highest BCUT2D eigenvalue weighted by Gasteiger charge is 2.30. The highest BCUT2D eigenvalue weighted by molar-refractivity contribution is 8.26. The van der Waals surface area contributed by atoms with Crippen molar-refractivity contribution in [3.05, 3.63) is 59.2 Å². The van der Waals surface area contributed by atoms with Gasteiger partial charge in [-0.2, -0.15) is 0 Å². The lowest BCUT2D eigenvalue weighted by Gasteiger charge is -2.26. The molecule has 23 heavy (non-hydrogen) atoms. The van der Waals surface area contributed by atoms with Crippen LogP contribution in [0, 0.1) is 0 Å². The maximum absolute atomic E-state index is 12.3. The first kappa shape index (κ1) is 16.0. The molecular weight excluding hydrogens is 324 g/mol. The van der Waals surface area contributed by atoms with Crippen LogP contribution in [0.3, 0.4) is 0 Å². The molecule has 1 saturated heterocycles. The number of nitrogens with zero attached hydrogens (tertiary/aromatic N) is 2. The van der Waals surface area contributed by atoms with Crippen molar-refractivity contribution in [2.24, 2.45) is 0 Å². The minimum Gasteiger partial charge on any atom is -0.348 e. The van der Waals surface area contributed by atoms with Crippen LogP contribution >= 0.6 is 24.0 Å². The van der Waals surface area contributed by atoms with Gasteiger partial charge in [-0.3, -0.25) is 9.69 Å². The Morgan fingerprint density at radius 2 is 1.96 bits per heavy atom. The molecule has 0 aliphatic carbocycles. The van der Waals surface area contributed by atoms with Gasteiger partial charge < -0.3 is 4.90 Å². The Kier molecular flexibility index (Phi) is 4.68. The van der Waals surface area contributed by atoms with Gasteiger partial charge in [0.1, 0.15) is 4.32 Å². The highest BCUT2D eigenvalue weighted by Crippen LogP contribution is 2.34. The number of anilines is 1. The Balaban J connectivity index is 1.94. The third-order valence-corrected chi connectivity index (χ3v) is 5.30. The van der Waals surface area contributed by atoms with E-state index >= 15 is 0 Å². The van der Waals surface area contributed by atoms with E-state index in [1.54, 1.807) is 4.90 Å². The Labute approximate surface area is 146 Å². The number of hydrogen-bond donors (Lipinski definition) is 0. The first-order valence-electron chi connectivity index (χ1n) is 7.65. The van der Waals surface area contributed by atoms with Gasteiger partial charge in [-0.1, -0.05) is 48.3 Å². The molecule has 118 valence electrons. The average Bonchev–Trinajstić information content (AvgIpc) is 2.85. The van der Waals surface area contributed by atoms with Crippen LogP contribution in [0.15, 0.2) is 53.6 Å². The van der Waals surface area contributed by atoms with Gasteiger partial charge in [-0.05, 0) is 37.6 Å². The molecule has 5 heteroatoms. The maximum Gasteiger partial charge on any atom is 0.266 e. The third-order valence-electron chi connectivity index (χ3n) is 3.90. The van der Waals surface area contributed by atoms with Crippen molar-refractivity contribution in [1.82, 2.24) is 4.90 Å². The summed E-state index contributed by atoms with van der Waals surface area (Å²) in [5, 5.41) is 0. The van der Waals surface area contributed by atoms with Crippen LogP contribution in [0.1, 0.15) is 19.4 Å². The van der Waals surface area contributed by atoms with Gasteiger partial charge in [0.25, 0.3) is 5.91 Å². The molecule has 0 atom stereocenters. The fourth-order valence-electron chi connectivity index (χ4n) is 2.68. The Bertz CT molecular complexity index is 749. The number of allylic oxidation sites excluding steroid dienone is 4. The van der Waals surface area contributed by atoms with E-state index in [9.17, 15) is 4.79 Å². The van der Waals surface area contributed by atoms with Gasteiger partial charge in [0.2, 0.25) is 0 Å². The summed E-state index contributed by atoms with van der Waals surface area (Å²) in [6.45, 7) is 5.61. The van der Waals surface area contributed by atoms with Gasteiger partial charge in [0.15, 0.2) is 0 Å². The Morgan fingerprint density at radius 3 is 2.65 bits per heavy atom. The summed E-state index contributed by atoms with van der Waals surface area (Å²) in [5.74, 6) is 0.00242. The van der Waals surface area contributed by atoms with Crippen molar-refractivity contribution < 1.29 is 4.79 Å². The molecule has 2 aliphatic rings. The summed E-state index contributed by atoms with van der Waals surface area (Å²) in [6.07, 6.45) is 8.06. The molecule has 0 N–H and O–H groups in total. The molecule has 3 nitrogen and oxygen atoms in total. The van der Waals surface area contributed by atoms with Crippen LogP contribution in [-0.4, -0.2) is 28.2 Å². The highest BCUT2D eigenvalue weighted by atomic mass is 32.2. The minimum atomic E-state index is 0.00242. The van der Waals surface area contributed by atoms with E-state index in [1.807, 2.05) is 31.2 Å². The zero-order valence-electron chi connectivity index (χ0n) is 13.2. The fourth-order valence-corrected chi connectivity index (χ4v) is 4.01. The van der Waals surface area contributed by atoms with E-state index < -0.39 is 0 Å². The SMILES string of the molecule is CCN1C(=O)/C(=C\C=C2\C=CN(CC)c3ccccc32)SC1=S. The number of carbonyl (C=O) groups is 1. The lowest BCUT2D eigenvalue weighted by atomic mass is 9.99. The second-order valence-corrected chi connectivity index (χ2v) is 6.86. The third kappa shape index (κ3) is 2.99. The van der Waals surface area contributed by atoms with E-state index in [0.717, 1.165) is 12.1 Å². The molecule has 0 saturated carbocycles. The molecule has 2 heterocycles. The second-order valence-electron chi connectivity index (χ2n) is 5.19. The monoisotopic (exact) mass is 342 g/mol. The molecule has 0 aromatic heterocycles. The number of fused-ring (bicyclic) bond motifs is 1. The van der Waals surface area contributed by atoms with E-state index in [4.69, 9.17) is 12.2 Å². The molecular formula is C18H18N2OS2. The summed E-state index contributed by atoms with van der Waals surface area (Å²) < 4.78 is 0.638. The number of thioether (sulfide) groups is 1. The van der Waals surface area contributed by atoms with Gasteiger partial charge in [-0.15, -0.1) is 0 Å². The van der Waals surface area contributed by atoms with Gasteiger partial charge in [-0.25, -0.2) is 0 Å². The summed E-state index contributed by atoms with van der Waals surface area (Å²) >= 11 is 6.62. The number of para-hydroxylation sites is 1. The van der Waals surface area contributed by atoms with E-state index in [0.29, 0.717) is 15.8 Å². The van der Waals surface area contributed by atoms with Crippen molar-refractivity contribution in [2.75, 3.05) is 18.0 Å². The summed E-state index contributed by atoms with van der Waals surface area (Å²) in [6, 6.07) is 8.31. The minimum absolute atomic E-state index is 0.00242. The topological polar surface area (TPSA) is 23.6 Å². The summed E-state index contributed by atoms with van der Waals surface area (Å²) in [7, 11) is 0. The standard InChI is InChI=1S/C18H18N2OS2/c1-3-19-12-11-13(14-7-5-6-8-15(14)19)9-10-16-17(21)20(4-2)18(22)23-16/h5-12H,3-4H2,1-2H3/b13-9-,16-10+. The van der Waals surface area contributed by atoms with Crippen LogP contribution in [0.25, 0.3) is 5.57 Å². The number of benzene rings is 1. The van der Waals surface area contributed by atoms with Gasteiger partial charge in [0.05, 0.1) is 4.91 Å². The lowest BCUT2D eigenvalue weighted by Crippen LogP contribution is -2.27. The molecule has 1 aromatic carbocycles. The molecule has 0 radical (unpaired) electrons. The van der Waals surface area contributed by atoms with Crippen molar-refractivity contribution in [1.29, 1.82) is 0 Å². The smallest absolute Gasteiger partial charge is 0.266 e. The van der Waals surface area contributed by atoms with Crippen LogP contribution in [0.5, 0.6) is 0 Å². The van der Waals surface area contributed by atoms with E-state index in [1.165, 1.54) is 23.0 Å². The zero-order chi connectivity index (χ0) is 16.4. The molecule has 1 amide bonds. The van der Waals surface area contributed by atoms with Crippen LogP contribution in [0.4, 0.5) is 5.69 Å². The molecule has 1 aromatic rings. The van der Waals surface area contributed by atoms with E-state index in [-0.39, 0.29) is 5.91 Å². The zero-order valence-corrected chi connectivity index (χ0v) is 14.8. The fraction of sp³-hybridized carbons (Fsp3) is 0.222. The maximum atomic E-state index is 12.3. The summed E-state index contributed by atoms with van der Waals surface area (Å²) in [4.78, 5) is 16.8. The van der Waals surface area contributed by atoms with Gasteiger partial charge >= 0.3 is 0 Å². The van der Waals surface area contributed by atoms with Crippen LogP contribution in [-0.2, 0) is 4.79 Å². The molecule has 0 unspecified atom stereocenters. The van der Waals surface area contributed by atoms with Crippen molar-refractivity contribution >= 4 is 45.5 Å². The van der Waals surface area contributed by atoms with Crippen molar-refractivity contribution in [3.8, 4) is 0 Å². The molecule has 0 bridgehead atoms. The summed E-state index contributed by atoms with van der Waals surface area (Å²) in [5.41, 5.74) is 3.48. The van der Waals surface area contributed by atoms with Crippen molar-refractivity contribution in [3.63, 3.8) is 0 Å². The molecule has 1 fully saturated rings. The largest absolute Gasteiger partial charge is 0.348 e. The Hall–Kier alpha value is -1.85. The molecule has 3 rings (SSSR count). The predicted molar refractivity (Wildman–Crippen MR) is 102 cm³/mol. The lowest BCUT2D eigenvalue weighted by molar-refractivity contribution is -0.122. The Morgan fingerprint density at radius 1 is 1.17 bits per heavy atom. The number of likely N-dealkylation sites (N-methyl/N-ethyl adjacent to an activating group) is 1. The van der Waals surface area contributed by atoms with E-state index in [2.05, 4.69) is 36.2 Å². The van der Waals surface area contributed by atoms with Crippen LogP contribution < -0.4 is 4.90 Å². The number of rotatable bonds is 3. The molecule has 0 spiro atoms. The molecule has 2 aliphatic heterocycles. The average molecular weight is 342 g/mol. The number of thiocarbonyl (C=S) groups is 1. The second kappa shape index (κ2) is 6.72. The number of amides is 1. The van der Waals surface area contributed by atoms with Gasteiger partial charge in [0, 0.05) is 30.5 Å². The first-order valence-corrected chi connectivity index (χ1v) is 8.88. The normalized spacial score (nSPS) is 20.8. The number of hydrogen-bond acceptors (Lipinski definition) is 4.